The van der Waals surface area contributed by atoms with E-state index in [-0.39, 0.29) is 22.3 Å². The lowest BCUT2D eigenvalue weighted by Gasteiger charge is -2.08. The van der Waals surface area contributed by atoms with Gasteiger partial charge in [0, 0.05) is 5.56 Å². The fourth-order valence-electron chi connectivity index (χ4n) is 1.94. The Hall–Kier alpha value is -2.25. The van der Waals surface area contributed by atoms with Crippen molar-refractivity contribution in [2.75, 3.05) is 6.79 Å². The topological polar surface area (TPSA) is 81.7 Å². The number of rotatable bonds is 3. The molecule has 0 aromatic heterocycles. The molecule has 0 aliphatic carbocycles. The van der Waals surface area contributed by atoms with Gasteiger partial charge in [0.1, 0.15) is 4.90 Å². The number of fused-ring (bicyclic) bond motifs is 1. The normalized spacial score (nSPS) is 13.0. The third-order valence-corrected chi connectivity index (χ3v) is 4.82. The van der Waals surface area contributed by atoms with E-state index in [2.05, 4.69) is 0 Å². The van der Waals surface area contributed by atoms with Gasteiger partial charge in [-0.3, -0.25) is 4.79 Å². The monoisotopic (exact) mass is 339 g/mol. The predicted octanol–water partition coefficient (Wildman–Crippen LogP) is 2.19. The van der Waals surface area contributed by atoms with Crippen molar-refractivity contribution >= 4 is 27.5 Å². The second kappa shape index (κ2) is 5.51. The van der Waals surface area contributed by atoms with Gasteiger partial charge < -0.3 is 9.47 Å². The fraction of sp³-hybridized carbons (Fsp3) is 0.0714. The van der Waals surface area contributed by atoms with E-state index in [4.69, 9.17) is 21.1 Å². The molecule has 0 fully saturated rings. The second-order valence-electron chi connectivity index (χ2n) is 4.43. The minimum atomic E-state index is -4.06. The molecule has 22 heavy (non-hydrogen) atoms. The lowest BCUT2D eigenvalue weighted by Crippen LogP contribution is -2.30. The summed E-state index contributed by atoms with van der Waals surface area (Å²) in [4.78, 5) is 12.0. The molecule has 1 aliphatic rings. The SMILES string of the molecule is O=C(NS(=O)(=O)c1ccccc1Cl)c1ccc2c(c1)OCO2. The lowest BCUT2D eigenvalue weighted by molar-refractivity contribution is 0.0981. The molecule has 2 aromatic rings. The molecular weight excluding hydrogens is 330 g/mol. The molecule has 0 bridgehead atoms. The molecule has 114 valence electrons. The summed E-state index contributed by atoms with van der Waals surface area (Å²) in [5.41, 5.74) is 0.139. The van der Waals surface area contributed by atoms with Crippen LogP contribution >= 0.6 is 11.6 Å². The summed E-state index contributed by atoms with van der Waals surface area (Å²) in [5, 5.41) is 0.0356. The van der Waals surface area contributed by atoms with Crippen molar-refractivity contribution in [2.45, 2.75) is 4.90 Å². The van der Waals surface area contributed by atoms with Crippen LogP contribution in [0.1, 0.15) is 10.4 Å². The van der Waals surface area contributed by atoms with Crippen molar-refractivity contribution in [2.24, 2.45) is 0 Å². The summed E-state index contributed by atoms with van der Waals surface area (Å²) >= 11 is 5.85. The maximum absolute atomic E-state index is 12.2. The van der Waals surface area contributed by atoms with Gasteiger partial charge in [0.25, 0.3) is 15.9 Å². The van der Waals surface area contributed by atoms with Crippen LogP contribution in [-0.2, 0) is 10.0 Å². The van der Waals surface area contributed by atoms with Gasteiger partial charge >= 0.3 is 0 Å². The number of nitrogens with one attached hydrogen (secondary N) is 1. The fourth-order valence-corrected chi connectivity index (χ4v) is 3.43. The largest absolute Gasteiger partial charge is 0.454 e. The Morgan fingerprint density at radius 3 is 2.59 bits per heavy atom. The van der Waals surface area contributed by atoms with Gasteiger partial charge in [0.05, 0.1) is 5.02 Å². The molecule has 1 N–H and O–H groups in total. The van der Waals surface area contributed by atoms with Gasteiger partial charge in [0.2, 0.25) is 6.79 Å². The highest BCUT2D eigenvalue weighted by atomic mass is 35.5. The highest BCUT2D eigenvalue weighted by Crippen LogP contribution is 2.32. The molecule has 0 radical (unpaired) electrons. The number of sulfonamides is 1. The van der Waals surface area contributed by atoms with Gasteiger partial charge in [-0.25, -0.2) is 13.1 Å². The molecule has 0 atom stereocenters. The van der Waals surface area contributed by atoms with Crippen LogP contribution in [-0.4, -0.2) is 21.1 Å². The number of halogens is 1. The summed E-state index contributed by atoms with van der Waals surface area (Å²) in [6, 6.07) is 10.3. The van der Waals surface area contributed by atoms with E-state index < -0.39 is 15.9 Å². The first-order valence-corrected chi connectivity index (χ1v) is 8.05. The molecule has 0 unspecified atom stereocenters. The molecule has 1 amide bonds. The van der Waals surface area contributed by atoms with E-state index in [0.717, 1.165) is 0 Å². The summed E-state index contributed by atoms with van der Waals surface area (Å²) in [6.45, 7) is 0.0678. The number of ether oxygens (including phenoxy) is 2. The van der Waals surface area contributed by atoms with Crippen LogP contribution in [0, 0.1) is 0 Å². The zero-order chi connectivity index (χ0) is 15.7. The molecule has 0 spiro atoms. The third kappa shape index (κ3) is 2.72. The maximum atomic E-state index is 12.2. The number of benzene rings is 2. The highest BCUT2D eigenvalue weighted by Gasteiger charge is 2.23. The zero-order valence-electron chi connectivity index (χ0n) is 11.1. The highest BCUT2D eigenvalue weighted by molar-refractivity contribution is 7.90. The molecular formula is C14H10ClNO5S. The van der Waals surface area contributed by atoms with E-state index >= 15 is 0 Å². The second-order valence-corrected chi connectivity index (χ2v) is 6.49. The molecule has 3 rings (SSSR count). The van der Waals surface area contributed by atoms with Crippen LogP contribution in [0.3, 0.4) is 0 Å². The average Bonchev–Trinajstić information content (AvgIpc) is 2.94. The molecule has 6 nitrogen and oxygen atoms in total. The molecule has 8 heteroatoms. The summed E-state index contributed by atoms with van der Waals surface area (Å²) in [5.74, 6) is 0.117. The zero-order valence-corrected chi connectivity index (χ0v) is 12.6. The van der Waals surface area contributed by atoms with E-state index in [1.54, 1.807) is 12.1 Å². The van der Waals surface area contributed by atoms with Gasteiger partial charge in [0.15, 0.2) is 11.5 Å². The van der Waals surface area contributed by atoms with Crippen molar-refractivity contribution in [1.82, 2.24) is 4.72 Å². The summed E-state index contributed by atoms with van der Waals surface area (Å²) in [6.07, 6.45) is 0. The van der Waals surface area contributed by atoms with Gasteiger partial charge in [-0.1, -0.05) is 23.7 Å². The number of carbonyl (C=O) groups is 1. The van der Waals surface area contributed by atoms with E-state index in [1.807, 2.05) is 4.72 Å². The maximum Gasteiger partial charge on any atom is 0.265 e. The van der Waals surface area contributed by atoms with Crippen LogP contribution in [0.4, 0.5) is 0 Å². The average molecular weight is 340 g/mol. The van der Waals surface area contributed by atoms with Gasteiger partial charge in [-0.2, -0.15) is 0 Å². The molecule has 0 saturated heterocycles. The molecule has 0 saturated carbocycles. The first kappa shape index (κ1) is 14.7. The lowest BCUT2D eigenvalue weighted by atomic mass is 10.2. The van der Waals surface area contributed by atoms with E-state index in [1.165, 1.54) is 30.3 Å². The molecule has 1 aliphatic heterocycles. The Bertz CT molecular complexity index is 850. The van der Waals surface area contributed by atoms with E-state index in [9.17, 15) is 13.2 Å². The van der Waals surface area contributed by atoms with Crippen LogP contribution in [0.15, 0.2) is 47.4 Å². The van der Waals surface area contributed by atoms with Crippen molar-refractivity contribution in [1.29, 1.82) is 0 Å². The standard InChI is InChI=1S/C14H10ClNO5S/c15-10-3-1-2-4-13(10)22(18,19)16-14(17)9-5-6-11-12(7-9)21-8-20-11/h1-7H,8H2,(H,16,17). The Morgan fingerprint density at radius 2 is 1.82 bits per heavy atom. The molecule has 1 heterocycles. The van der Waals surface area contributed by atoms with Crippen molar-refractivity contribution < 1.29 is 22.7 Å². The van der Waals surface area contributed by atoms with Gasteiger partial charge in [-0.05, 0) is 30.3 Å². The minimum absolute atomic E-state index is 0.0356. The van der Waals surface area contributed by atoms with Crippen LogP contribution in [0.25, 0.3) is 0 Å². The van der Waals surface area contributed by atoms with Crippen LogP contribution in [0.2, 0.25) is 5.02 Å². The van der Waals surface area contributed by atoms with Crippen LogP contribution in [0.5, 0.6) is 11.5 Å². The number of amides is 1. The first-order chi connectivity index (χ1) is 10.5. The molecule has 2 aromatic carbocycles. The number of hydrogen-bond donors (Lipinski definition) is 1. The smallest absolute Gasteiger partial charge is 0.265 e. The summed E-state index contributed by atoms with van der Waals surface area (Å²) < 4.78 is 36.6. The Morgan fingerprint density at radius 1 is 1.09 bits per heavy atom. The predicted molar refractivity (Wildman–Crippen MR) is 78.7 cm³/mol. The Balaban J connectivity index is 1.86. The van der Waals surface area contributed by atoms with Crippen molar-refractivity contribution in [3.05, 3.63) is 53.1 Å². The Kier molecular flexibility index (Phi) is 3.67. The Labute approximate surface area is 131 Å². The van der Waals surface area contributed by atoms with Crippen molar-refractivity contribution in [3.63, 3.8) is 0 Å². The van der Waals surface area contributed by atoms with Crippen molar-refractivity contribution in [3.8, 4) is 11.5 Å². The van der Waals surface area contributed by atoms with Crippen LogP contribution < -0.4 is 14.2 Å². The van der Waals surface area contributed by atoms with E-state index in [0.29, 0.717) is 11.5 Å². The summed E-state index contributed by atoms with van der Waals surface area (Å²) in [7, 11) is -4.06. The number of carbonyl (C=O) groups excluding carboxylic acids is 1. The van der Waals surface area contributed by atoms with Gasteiger partial charge in [-0.15, -0.1) is 0 Å². The number of hydrogen-bond acceptors (Lipinski definition) is 5. The third-order valence-electron chi connectivity index (χ3n) is 2.99. The quantitative estimate of drug-likeness (QED) is 0.927. The minimum Gasteiger partial charge on any atom is -0.454 e. The first-order valence-electron chi connectivity index (χ1n) is 6.19.